The van der Waals surface area contributed by atoms with E-state index in [1.165, 1.54) is 6.07 Å². The van der Waals surface area contributed by atoms with E-state index in [1.54, 1.807) is 12.1 Å². The van der Waals surface area contributed by atoms with Crippen molar-refractivity contribution in [1.82, 2.24) is 0 Å². The Labute approximate surface area is 120 Å². The zero-order chi connectivity index (χ0) is 15.1. The number of rotatable bonds is 2. The van der Waals surface area contributed by atoms with Crippen LogP contribution >= 0.6 is 0 Å². The van der Waals surface area contributed by atoms with E-state index >= 15 is 0 Å². The highest BCUT2D eigenvalue weighted by atomic mass is 28.4. The fourth-order valence-electron chi connectivity index (χ4n) is 1.81. The van der Waals surface area contributed by atoms with Crippen molar-refractivity contribution in [2.75, 3.05) is 5.73 Å². The Morgan fingerprint density at radius 2 is 1.75 bits per heavy atom. The predicted molar refractivity (Wildman–Crippen MR) is 86.1 cm³/mol. The lowest BCUT2D eigenvalue weighted by Gasteiger charge is -2.36. The predicted octanol–water partition coefficient (Wildman–Crippen LogP) is 4.95. The number of nitrogen functional groups attached to an aromatic ring is 1. The van der Waals surface area contributed by atoms with Crippen LogP contribution in [-0.4, -0.2) is 8.32 Å². The maximum atomic E-state index is 14.2. The highest BCUT2D eigenvalue weighted by Crippen LogP contribution is 2.40. The van der Waals surface area contributed by atoms with Gasteiger partial charge in [-0.05, 0) is 47.8 Å². The Morgan fingerprint density at radius 3 is 2.35 bits per heavy atom. The summed E-state index contributed by atoms with van der Waals surface area (Å²) >= 11 is 0. The molecule has 0 fully saturated rings. The largest absolute Gasteiger partial charge is 0.541 e. The number of anilines is 1. The normalized spacial score (nSPS) is 12.7. The minimum atomic E-state index is -2.08. The maximum absolute atomic E-state index is 14.2. The Hall–Kier alpha value is -1.55. The Kier molecular flexibility index (Phi) is 3.54. The summed E-state index contributed by atoms with van der Waals surface area (Å²) in [5.74, 6) is 0.0428. The third-order valence-corrected chi connectivity index (χ3v) is 8.44. The van der Waals surface area contributed by atoms with Crippen molar-refractivity contribution in [3.63, 3.8) is 0 Å². The van der Waals surface area contributed by atoms with Crippen molar-refractivity contribution in [3.05, 3.63) is 36.1 Å². The minimum absolute atomic E-state index is 0.0232. The van der Waals surface area contributed by atoms with Gasteiger partial charge in [-0.2, -0.15) is 0 Å². The topological polar surface area (TPSA) is 35.2 Å². The van der Waals surface area contributed by atoms with Crippen LogP contribution in [0.2, 0.25) is 18.1 Å². The first-order valence-electron chi connectivity index (χ1n) is 6.78. The first-order chi connectivity index (χ1) is 9.12. The molecule has 0 aliphatic heterocycles. The van der Waals surface area contributed by atoms with Crippen molar-refractivity contribution in [3.8, 4) is 5.75 Å². The Morgan fingerprint density at radius 1 is 1.10 bits per heavy atom. The third-order valence-electron chi connectivity index (χ3n) is 4.11. The molecule has 2 rings (SSSR count). The summed E-state index contributed by atoms with van der Waals surface area (Å²) in [6.07, 6.45) is 0. The van der Waals surface area contributed by atoms with E-state index in [-0.39, 0.29) is 10.9 Å². The minimum Gasteiger partial charge on any atom is -0.541 e. The molecule has 0 bridgehead atoms. The molecule has 4 heteroatoms. The van der Waals surface area contributed by atoms with Crippen LogP contribution in [0.5, 0.6) is 5.75 Å². The van der Waals surface area contributed by atoms with Crippen LogP contribution in [0.1, 0.15) is 20.8 Å². The molecular formula is C16H22FNOSi. The highest BCUT2D eigenvalue weighted by Gasteiger charge is 2.39. The molecule has 0 aliphatic carbocycles. The lowest BCUT2D eigenvalue weighted by Crippen LogP contribution is -2.44. The molecule has 0 aliphatic rings. The summed E-state index contributed by atoms with van der Waals surface area (Å²) in [5, 5.41) is 1.71. The van der Waals surface area contributed by atoms with Crippen molar-refractivity contribution in [2.45, 2.75) is 38.9 Å². The standard InChI is InChI=1S/C16H22FNOSi/c1-16(2,3)20(4,5)19-15-13-8-7-12(18)10-11(13)6-9-14(15)17/h6-10H,18H2,1-5H3. The summed E-state index contributed by atoms with van der Waals surface area (Å²) in [4.78, 5) is 0. The van der Waals surface area contributed by atoms with E-state index in [2.05, 4.69) is 33.9 Å². The molecule has 2 N–H and O–H groups in total. The quantitative estimate of drug-likeness (QED) is 0.628. The molecule has 0 aromatic heterocycles. The second kappa shape index (κ2) is 4.77. The molecule has 0 radical (unpaired) electrons. The molecule has 0 spiro atoms. The van der Waals surface area contributed by atoms with E-state index in [4.69, 9.17) is 10.2 Å². The molecule has 0 saturated carbocycles. The monoisotopic (exact) mass is 291 g/mol. The highest BCUT2D eigenvalue weighted by molar-refractivity contribution is 6.74. The molecule has 0 heterocycles. The van der Waals surface area contributed by atoms with Gasteiger partial charge < -0.3 is 10.2 Å². The molecule has 0 amide bonds. The summed E-state index contributed by atoms with van der Waals surface area (Å²) in [5.41, 5.74) is 6.45. The first-order valence-corrected chi connectivity index (χ1v) is 9.69. The van der Waals surface area contributed by atoms with Crippen LogP contribution in [0, 0.1) is 5.82 Å². The van der Waals surface area contributed by atoms with Crippen LogP contribution < -0.4 is 10.2 Å². The van der Waals surface area contributed by atoms with Crippen molar-refractivity contribution >= 4 is 24.8 Å². The maximum Gasteiger partial charge on any atom is 0.250 e. The summed E-state index contributed by atoms with van der Waals surface area (Å²) in [6, 6.07) is 8.63. The van der Waals surface area contributed by atoms with Crippen LogP contribution in [0.15, 0.2) is 30.3 Å². The van der Waals surface area contributed by atoms with Gasteiger partial charge in [0.1, 0.15) is 5.75 Å². The molecule has 2 aromatic carbocycles. The average Bonchev–Trinajstić information content (AvgIpc) is 2.31. The molecule has 2 nitrogen and oxygen atoms in total. The second-order valence-electron chi connectivity index (χ2n) is 6.72. The molecule has 108 valence electrons. The number of nitrogens with two attached hydrogens (primary N) is 1. The van der Waals surface area contributed by atoms with Gasteiger partial charge in [-0.3, -0.25) is 0 Å². The number of hydrogen-bond donors (Lipinski definition) is 1. The molecular weight excluding hydrogens is 269 g/mol. The van der Waals surface area contributed by atoms with Gasteiger partial charge in [0.2, 0.25) is 0 Å². The average molecular weight is 291 g/mol. The molecule has 0 atom stereocenters. The van der Waals surface area contributed by atoms with Crippen LogP contribution in [0.4, 0.5) is 10.1 Å². The fourth-order valence-corrected chi connectivity index (χ4v) is 2.83. The van der Waals surface area contributed by atoms with Crippen LogP contribution in [0.25, 0.3) is 10.8 Å². The van der Waals surface area contributed by atoms with Crippen molar-refractivity contribution in [1.29, 1.82) is 0 Å². The van der Waals surface area contributed by atoms with E-state index in [0.29, 0.717) is 11.4 Å². The van der Waals surface area contributed by atoms with Gasteiger partial charge in [0.25, 0.3) is 8.32 Å². The van der Waals surface area contributed by atoms with Gasteiger partial charge in [-0.25, -0.2) is 4.39 Å². The molecule has 0 saturated heterocycles. The first kappa shape index (κ1) is 14.8. The van der Waals surface area contributed by atoms with Crippen LogP contribution in [-0.2, 0) is 0 Å². The SMILES string of the molecule is CC(C)(C)[Si](C)(C)Oc1c(F)ccc2cc(N)ccc12. The van der Waals surface area contributed by atoms with E-state index in [1.807, 2.05) is 12.1 Å². The Balaban J connectivity index is 2.57. The van der Waals surface area contributed by atoms with Gasteiger partial charge in [-0.1, -0.05) is 26.8 Å². The van der Waals surface area contributed by atoms with Gasteiger partial charge in [-0.15, -0.1) is 0 Å². The number of benzene rings is 2. The molecule has 20 heavy (non-hydrogen) atoms. The summed E-state index contributed by atoms with van der Waals surface area (Å²) in [6.45, 7) is 10.6. The molecule has 2 aromatic rings. The lowest BCUT2D eigenvalue weighted by atomic mass is 10.1. The number of halogens is 1. The smallest absolute Gasteiger partial charge is 0.250 e. The van der Waals surface area contributed by atoms with Gasteiger partial charge >= 0.3 is 0 Å². The molecule has 0 unspecified atom stereocenters. The van der Waals surface area contributed by atoms with Gasteiger partial charge in [0.15, 0.2) is 5.82 Å². The van der Waals surface area contributed by atoms with E-state index in [0.717, 1.165) is 10.8 Å². The van der Waals surface area contributed by atoms with Crippen LogP contribution in [0.3, 0.4) is 0 Å². The van der Waals surface area contributed by atoms with E-state index < -0.39 is 8.32 Å². The van der Waals surface area contributed by atoms with Crippen molar-refractivity contribution < 1.29 is 8.82 Å². The number of fused-ring (bicyclic) bond motifs is 1. The lowest BCUT2D eigenvalue weighted by molar-refractivity contribution is 0.462. The van der Waals surface area contributed by atoms with Crippen molar-refractivity contribution in [2.24, 2.45) is 0 Å². The van der Waals surface area contributed by atoms with Gasteiger partial charge in [0, 0.05) is 11.1 Å². The van der Waals surface area contributed by atoms with E-state index in [9.17, 15) is 4.39 Å². The number of hydrogen-bond acceptors (Lipinski definition) is 2. The fraction of sp³-hybridized carbons (Fsp3) is 0.375. The summed E-state index contributed by atoms with van der Waals surface area (Å²) < 4.78 is 20.4. The second-order valence-corrected chi connectivity index (χ2v) is 11.4. The zero-order valence-electron chi connectivity index (χ0n) is 12.8. The Bertz CT molecular complexity index is 647. The summed E-state index contributed by atoms with van der Waals surface area (Å²) in [7, 11) is -2.08. The van der Waals surface area contributed by atoms with Gasteiger partial charge in [0.05, 0.1) is 0 Å². The zero-order valence-corrected chi connectivity index (χ0v) is 13.8. The third kappa shape index (κ3) is 2.65.